The van der Waals surface area contributed by atoms with Crippen molar-refractivity contribution in [1.82, 2.24) is 15.3 Å². The Morgan fingerprint density at radius 2 is 1.84 bits per heavy atom. The molecule has 2 amide bonds. The van der Waals surface area contributed by atoms with E-state index in [-0.39, 0.29) is 17.5 Å². The monoisotopic (exact) mass is 637 g/mol. The van der Waals surface area contributed by atoms with E-state index in [0.29, 0.717) is 65.8 Å². The lowest BCUT2D eigenvalue weighted by atomic mass is 10.1. The van der Waals surface area contributed by atoms with Crippen LogP contribution in [0.15, 0.2) is 60.9 Å². The molecule has 1 aliphatic heterocycles. The maximum absolute atomic E-state index is 13.7. The molecule has 1 aromatic heterocycles. The molecular formula is C32H35ClFN6O5+. The summed E-state index contributed by atoms with van der Waals surface area (Å²) in [6.07, 6.45) is 2.73. The van der Waals surface area contributed by atoms with Crippen LogP contribution in [0, 0.1) is 5.82 Å². The first-order valence-corrected chi connectivity index (χ1v) is 14.9. The minimum atomic E-state index is -0.499. The number of carbonyl (C=O) groups excluding carboxylic acids is 2. The van der Waals surface area contributed by atoms with E-state index in [1.165, 1.54) is 18.5 Å². The van der Waals surface area contributed by atoms with Crippen LogP contribution in [0.5, 0.6) is 11.5 Å². The molecule has 3 N–H and O–H groups in total. The normalized spacial score (nSPS) is 14.0. The summed E-state index contributed by atoms with van der Waals surface area (Å²) in [5, 5.41) is 9.04. The molecule has 1 saturated heterocycles. The van der Waals surface area contributed by atoms with E-state index >= 15 is 0 Å². The van der Waals surface area contributed by atoms with Crippen molar-refractivity contribution in [2.24, 2.45) is 0 Å². The van der Waals surface area contributed by atoms with Crippen molar-refractivity contribution >= 4 is 52.0 Å². The van der Waals surface area contributed by atoms with Crippen molar-refractivity contribution in [2.45, 2.75) is 13.0 Å². The molecule has 236 valence electrons. The Morgan fingerprint density at radius 3 is 2.58 bits per heavy atom. The Hall–Kier alpha value is -4.52. The van der Waals surface area contributed by atoms with Gasteiger partial charge in [0.2, 0.25) is 12.3 Å². The fourth-order valence-corrected chi connectivity index (χ4v) is 5.52. The molecule has 0 atom stereocenters. The zero-order chi connectivity index (χ0) is 31.6. The van der Waals surface area contributed by atoms with E-state index < -0.39 is 5.82 Å². The molecule has 45 heavy (non-hydrogen) atoms. The first kappa shape index (κ1) is 31.9. The average molecular weight is 638 g/mol. The Labute approximate surface area is 265 Å². The third-order valence-electron chi connectivity index (χ3n) is 7.66. The lowest BCUT2D eigenvalue weighted by Gasteiger charge is -2.41. The van der Waals surface area contributed by atoms with Crippen molar-refractivity contribution in [3.8, 4) is 11.5 Å². The number of halogens is 2. The number of hydrogen-bond donors (Lipinski definition) is 3. The van der Waals surface area contributed by atoms with E-state index in [2.05, 4.69) is 25.9 Å². The molecule has 3 aromatic carbocycles. The van der Waals surface area contributed by atoms with Gasteiger partial charge in [0.05, 0.1) is 50.6 Å². The molecule has 0 spiro atoms. The number of quaternary nitrogens is 1. The summed E-state index contributed by atoms with van der Waals surface area (Å²) in [5.74, 6) is 0.861. The SMILES string of the molecule is COc1cc2ncnc(Nc3ccc(F)c(Cl)c3)c2cc1OCCC[N+]1(Cc2ccc(NC(=O)CNC=O)cc2)CCOCC1. The zero-order valence-electron chi connectivity index (χ0n) is 24.9. The summed E-state index contributed by atoms with van der Waals surface area (Å²) in [6.45, 7) is 5.24. The van der Waals surface area contributed by atoms with Crippen LogP contribution in [-0.2, 0) is 20.9 Å². The number of benzene rings is 3. The van der Waals surface area contributed by atoms with Crippen LogP contribution in [0.4, 0.5) is 21.6 Å². The number of fused-ring (bicyclic) bond motifs is 1. The number of ether oxygens (including phenoxy) is 3. The third-order valence-corrected chi connectivity index (χ3v) is 7.95. The first-order valence-electron chi connectivity index (χ1n) is 14.5. The van der Waals surface area contributed by atoms with Crippen LogP contribution in [0.25, 0.3) is 10.9 Å². The van der Waals surface area contributed by atoms with Crippen molar-refractivity contribution < 1.29 is 32.7 Å². The molecule has 2 heterocycles. The fraction of sp³-hybridized carbons (Fsp3) is 0.312. The van der Waals surface area contributed by atoms with Gasteiger partial charge in [0.1, 0.15) is 37.6 Å². The number of rotatable bonds is 14. The molecule has 0 unspecified atom stereocenters. The number of nitrogens with one attached hydrogen (secondary N) is 3. The predicted molar refractivity (Wildman–Crippen MR) is 169 cm³/mol. The molecule has 5 rings (SSSR count). The lowest BCUT2D eigenvalue weighted by molar-refractivity contribution is -0.947. The summed E-state index contributed by atoms with van der Waals surface area (Å²) in [4.78, 5) is 31.1. The van der Waals surface area contributed by atoms with Crippen LogP contribution in [0.2, 0.25) is 5.02 Å². The fourth-order valence-electron chi connectivity index (χ4n) is 5.34. The number of carbonyl (C=O) groups is 2. The number of aromatic nitrogens is 2. The molecule has 4 aromatic rings. The van der Waals surface area contributed by atoms with Gasteiger partial charge >= 0.3 is 0 Å². The summed E-state index contributed by atoms with van der Waals surface area (Å²) in [5.41, 5.74) is 3.07. The predicted octanol–water partition coefficient (Wildman–Crippen LogP) is 4.68. The zero-order valence-corrected chi connectivity index (χ0v) is 25.6. The topological polar surface area (TPSA) is 124 Å². The second-order valence-corrected chi connectivity index (χ2v) is 11.1. The summed E-state index contributed by atoms with van der Waals surface area (Å²) >= 11 is 5.96. The highest BCUT2D eigenvalue weighted by atomic mass is 35.5. The van der Waals surface area contributed by atoms with Crippen LogP contribution in [0.3, 0.4) is 0 Å². The number of anilines is 3. The quantitative estimate of drug-likeness (QED) is 0.104. The van der Waals surface area contributed by atoms with Crippen LogP contribution >= 0.6 is 11.6 Å². The summed E-state index contributed by atoms with van der Waals surface area (Å²) < 4.78 is 32.1. The smallest absolute Gasteiger partial charge is 0.243 e. The molecule has 13 heteroatoms. The van der Waals surface area contributed by atoms with Gasteiger partial charge in [-0.25, -0.2) is 14.4 Å². The minimum Gasteiger partial charge on any atom is -0.493 e. The van der Waals surface area contributed by atoms with Gasteiger partial charge in [-0.2, -0.15) is 0 Å². The van der Waals surface area contributed by atoms with Crippen LogP contribution in [-0.4, -0.2) is 79.9 Å². The van der Waals surface area contributed by atoms with Gasteiger partial charge < -0.3 is 34.6 Å². The van der Waals surface area contributed by atoms with Crippen molar-refractivity contribution in [3.05, 3.63) is 77.3 Å². The number of methoxy groups -OCH3 is 1. The summed E-state index contributed by atoms with van der Waals surface area (Å²) in [6, 6.07) is 15.8. The Balaban J connectivity index is 1.24. The maximum Gasteiger partial charge on any atom is 0.243 e. The van der Waals surface area contributed by atoms with E-state index in [1.54, 1.807) is 19.2 Å². The highest BCUT2D eigenvalue weighted by Gasteiger charge is 2.30. The Kier molecular flexibility index (Phi) is 10.6. The molecule has 1 fully saturated rings. The second kappa shape index (κ2) is 15.0. The van der Waals surface area contributed by atoms with Gasteiger partial charge in [-0.15, -0.1) is 0 Å². The van der Waals surface area contributed by atoms with Gasteiger partial charge in [-0.1, -0.05) is 23.7 Å². The second-order valence-electron chi connectivity index (χ2n) is 10.7. The Bertz CT molecular complexity index is 1630. The minimum absolute atomic E-state index is 0.00967. The largest absolute Gasteiger partial charge is 0.493 e. The van der Waals surface area contributed by atoms with Gasteiger partial charge in [-0.05, 0) is 36.4 Å². The van der Waals surface area contributed by atoms with Crippen molar-refractivity contribution in [2.75, 3.05) is 63.7 Å². The highest BCUT2D eigenvalue weighted by molar-refractivity contribution is 6.31. The van der Waals surface area contributed by atoms with Crippen molar-refractivity contribution in [3.63, 3.8) is 0 Å². The van der Waals surface area contributed by atoms with Gasteiger partial charge in [0.25, 0.3) is 0 Å². The van der Waals surface area contributed by atoms with Crippen LogP contribution < -0.4 is 25.4 Å². The van der Waals surface area contributed by atoms with Gasteiger partial charge in [0, 0.05) is 34.8 Å². The Morgan fingerprint density at radius 1 is 1.07 bits per heavy atom. The van der Waals surface area contributed by atoms with Crippen molar-refractivity contribution in [1.29, 1.82) is 0 Å². The average Bonchev–Trinajstić information content (AvgIpc) is 3.05. The molecule has 0 radical (unpaired) electrons. The number of amides is 2. The van der Waals surface area contributed by atoms with Crippen LogP contribution in [0.1, 0.15) is 12.0 Å². The summed E-state index contributed by atoms with van der Waals surface area (Å²) in [7, 11) is 1.58. The number of hydrogen-bond acceptors (Lipinski definition) is 8. The maximum atomic E-state index is 13.7. The number of morpholine rings is 1. The van der Waals surface area contributed by atoms with E-state index in [0.717, 1.165) is 42.6 Å². The molecule has 0 aliphatic carbocycles. The van der Waals surface area contributed by atoms with Gasteiger partial charge in [-0.3, -0.25) is 9.59 Å². The van der Waals surface area contributed by atoms with E-state index in [4.69, 9.17) is 25.8 Å². The standard InChI is InChI=1S/C32H34ClFN6O5/c1-43-29-17-28-25(32(37-20-36-28)39-24-7-8-27(34)26(33)15-24)16-30(29)45-12-2-9-40(10-13-44-14-11-40)19-22-3-5-23(6-4-22)38-31(42)18-35-21-41/h3-8,15-17,20-21H,2,9-14,18-19H2,1H3,(H2-,35,36,37,38,39,41,42)/p+1. The molecule has 1 aliphatic rings. The lowest BCUT2D eigenvalue weighted by Crippen LogP contribution is -2.55. The van der Waals surface area contributed by atoms with E-state index in [1.807, 2.05) is 30.3 Å². The third kappa shape index (κ3) is 8.35. The van der Waals surface area contributed by atoms with Gasteiger partial charge in [0.15, 0.2) is 11.5 Å². The highest BCUT2D eigenvalue weighted by Crippen LogP contribution is 2.35. The molecule has 0 bridgehead atoms. The number of nitrogens with zero attached hydrogens (tertiary/aromatic N) is 3. The molecular weight excluding hydrogens is 603 g/mol. The molecule has 11 nitrogen and oxygen atoms in total. The molecule has 0 saturated carbocycles. The first-order chi connectivity index (χ1) is 21.9. The van der Waals surface area contributed by atoms with E-state index in [9.17, 15) is 14.0 Å².